The lowest BCUT2D eigenvalue weighted by molar-refractivity contribution is 0.0527. The Balaban J connectivity index is 1.62. The van der Waals surface area contributed by atoms with Crippen molar-refractivity contribution in [1.29, 1.82) is 0 Å². The Kier molecular flexibility index (Phi) is 6.28. The average Bonchev–Trinajstić information content (AvgIpc) is 3.32. The third-order valence-corrected chi connectivity index (χ3v) is 5.77. The van der Waals surface area contributed by atoms with Crippen LogP contribution in [0.25, 0.3) is 27.8 Å². The SMILES string of the molecule is CCOC(=O)c1cnn(-c2ccccc2)c1NC(=O)c1cc(-c2cccc(C)c2)nc2ccccc12. The number of ether oxygens (including phenoxy) is 1. The number of amides is 1. The first-order valence-electron chi connectivity index (χ1n) is 11.6. The zero-order chi connectivity index (χ0) is 25.1. The van der Waals surface area contributed by atoms with E-state index in [0.29, 0.717) is 27.8 Å². The largest absolute Gasteiger partial charge is 0.462 e. The smallest absolute Gasteiger partial charge is 0.343 e. The summed E-state index contributed by atoms with van der Waals surface area (Å²) in [5, 5.41) is 7.99. The van der Waals surface area contributed by atoms with E-state index in [1.807, 2.05) is 85.8 Å². The number of rotatable bonds is 6. The van der Waals surface area contributed by atoms with Crippen molar-refractivity contribution in [3.8, 4) is 16.9 Å². The topological polar surface area (TPSA) is 86.1 Å². The number of benzene rings is 3. The maximum atomic E-state index is 13.8. The minimum Gasteiger partial charge on any atom is -0.462 e. The number of hydrogen-bond donors (Lipinski definition) is 1. The summed E-state index contributed by atoms with van der Waals surface area (Å²) in [5.74, 6) is -0.705. The lowest BCUT2D eigenvalue weighted by Crippen LogP contribution is -2.18. The molecule has 2 heterocycles. The number of carbonyl (C=O) groups is 2. The first kappa shape index (κ1) is 23.0. The number of fused-ring (bicyclic) bond motifs is 1. The summed E-state index contributed by atoms with van der Waals surface area (Å²) in [5.41, 5.74) is 4.70. The quantitative estimate of drug-likeness (QED) is 0.312. The molecule has 7 heteroatoms. The second-order valence-corrected chi connectivity index (χ2v) is 8.27. The van der Waals surface area contributed by atoms with Crippen molar-refractivity contribution in [2.24, 2.45) is 0 Å². The van der Waals surface area contributed by atoms with E-state index in [-0.39, 0.29) is 23.9 Å². The summed E-state index contributed by atoms with van der Waals surface area (Å²) in [6.45, 7) is 3.95. The second-order valence-electron chi connectivity index (χ2n) is 8.27. The maximum absolute atomic E-state index is 13.8. The normalized spacial score (nSPS) is 10.8. The van der Waals surface area contributed by atoms with Gasteiger partial charge in [0.05, 0.1) is 35.3 Å². The summed E-state index contributed by atoms with van der Waals surface area (Å²) in [6.07, 6.45) is 1.41. The highest BCUT2D eigenvalue weighted by Crippen LogP contribution is 2.28. The van der Waals surface area contributed by atoms with Gasteiger partial charge in [-0.2, -0.15) is 5.10 Å². The van der Waals surface area contributed by atoms with E-state index < -0.39 is 5.97 Å². The molecule has 178 valence electrons. The highest BCUT2D eigenvalue weighted by molar-refractivity contribution is 6.14. The van der Waals surface area contributed by atoms with E-state index in [2.05, 4.69) is 10.4 Å². The number of anilines is 1. The summed E-state index contributed by atoms with van der Waals surface area (Å²) < 4.78 is 6.73. The van der Waals surface area contributed by atoms with Gasteiger partial charge in [0, 0.05) is 10.9 Å². The molecule has 0 saturated heterocycles. The third kappa shape index (κ3) is 4.46. The molecule has 5 aromatic rings. The molecule has 0 fully saturated rings. The van der Waals surface area contributed by atoms with Crippen LogP contribution in [0.2, 0.25) is 0 Å². The zero-order valence-corrected chi connectivity index (χ0v) is 19.9. The predicted octanol–water partition coefficient (Wildman–Crippen LogP) is 5.82. The first-order valence-corrected chi connectivity index (χ1v) is 11.6. The lowest BCUT2D eigenvalue weighted by Gasteiger charge is -2.13. The van der Waals surface area contributed by atoms with Crippen molar-refractivity contribution >= 4 is 28.6 Å². The number of aromatic nitrogens is 3. The van der Waals surface area contributed by atoms with Gasteiger partial charge in [0.15, 0.2) is 5.82 Å². The molecule has 1 amide bonds. The molecule has 5 rings (SSSR count). The molecule has 0 radical (unpaired) electrons. The van der Waals surface area contributed by atoms with Crippen LogP contribution < -0.4 is 5.32 Å². The van der Waals surface area contributed by atoms with Gasteiger partial charge in [0.1, 0.15) is 5.56 Å². The highest BCUT2D eigenvalue weighted by atomic mass is 16.5. The fourth-order valence-corrected chi connectivity index (χ4v) is 4.08. The number of carbonyl (C=O) groups excluding carboxylic acids is 2. The minimum atomic E-state index is -0.560. The molecule has 0 saturated carbocycles. The van der Waals surface area contributed by atoms with Crippen LogP contribution in [0.1, 0.15) is 33.2 Å². The molecule has 0 aliphatic carbocycles. The van der Waals surface area contributed by atoms with Gasteiger partial charge in [0.2, 0.25) is 0 Å². The summed E-state index contributed by atoms with van der Waals surface area (Å²) in [6, 6.07) is 26.5. The van der Waals surface area contributed by atoms with Gasteiger partial charge in [-0.1, -0.05) is 60.2 Å². The van der Waals surface area contributed by atoms with Crippen molar-refractivity contribution in [3.05, 3.63) is 108 Å². The number of pyridine rings is 1. The van der Waals surface area contributed by atoms with Gasteiger partial charge < -0.3 is 10.1 Å². The molecule has 1 N–H and O–H groups in total. The maximum Gasteiger partial charge on any atom is 0.343 e. The van der Waals surface area contributed by atoms with Gasteiger partial charge in [0.25, 0.3) is 5.91 Å². The van der Waals surface area contributed by atoms with Crippen molar-refractivity contribution in [3.63, 3.8) is 0 Å². The third-order valence-electron chi connectivity index (χ3n) is 5.77. The van der Waals surface area contributed by atoms with E-state index in [4.69, 9.17) is 9.72 Å². The Morgan fingerprint density at radius 3 is 2.47 bits per heavy atom. The molecule has 36 heavy (non-hydrogen) atoms. The highest BCUT2D eigenvalue weighted by Gasteiger charge is 2.23. The molecule has 0 unspecified atom stereocenters. The molecule has 7 nitrogen and oxygen atoms in total. The van der Waals surface area contributed by atoms with Gasteiger partial charge in [-0.15, -0.1) is 0 Å². The van der Waals surface area contributed by atoms with E-state index in [1.165, 1.54) is 10.9 Å². The van der Waals surface area contributed by atoms with Crippen molar-refractivity contribution in [1.82, 2.24) is 14.8 Å². The molecule has 3 aromatic carbocycles. The fraction of sp³-hybridized carbons (Fsp3) is 0.103. The van der Waals surface area contributed by atoms with Gasteiger partial charge in [-0.05, 0) is 44.2 Å². The van der Waals surface area contributed by atoms with Gasteiger partial charge in [-0.3, -0.25) is 4.79 Å². The Bertz CT molecular complexity index is 1570. The molecule has 0 aliphatic heterocycles. The molecule has 0 atom stereocenters. The molecule has 0 spiro atoms. The summed E-state index contributed by atoms with van der Waals surface area (Å²) >= 11 is 0. The van der Waals surface area contributed by atoms with E-state index >= 15 is 0 Å². The summed E-state index contributed by atoms with van der Waals surface area (Å²) in [4.78, 5) is 31.2. The zero-order valence-electron chi connectivity index (χ0n) is 19.9. The van der Waals surface area contributed by atoms with Crippen molar-refractivity contribution in [2.75, 3.05) is 11.9 Å². The van der Waals surface area contributed by atoms with E-state index in [0.717, 1.165) is 11.1 Å². The Morgan fingerprint density at radius 2 is 1.69 bits per heavy atom. The molecular weight excluding hydrogens is 452 g/mol. The molecule has 2 aromatic heterocycles. The average molecular weight is 477 g/mol. The standard InChI is InChI=1S/C29H24N4O3/c1-3-36-29(35)24-18-30-33(21-12-5-4-6-13-21)27(24)32-28(34)23-17-26(20-11-9-10-19(2)16-20)31-25-15-8-7-14-22(23)25/h4-18H,3H2,1-2H3,(H,32,34). The van der Waals surface area contributed by atoms with Crippen LogP contribution in [0.5, 0.6) is 0 Å². The fourth-order valence-electron chi connectivity index (χ4n) is 4.08. The molecular formula is C29H24N4O3. The Labute approximate surface area is 208 Å². The van der Waals surface area contributed by atoms with Crippen LogP contribution in [0.3, 0.4) is 0 Å². The van der Waals surface area contributed by atoms with Crippen molar-refractivity contribution < 1.29 is 14.3 Å². The Hall–Kier alpha value is -4.78. The van der Waals surface area contributed by atoms with Crippen LogP contribution in [0, 0.1) is 6.92 Å². The number of aryl methyl sites for hydroxylation is 1. The van der Waals surface area contributed by atoms with Crippen LogP contribution >= 0.6 is 0 Å². The van der Waals surface area contributed by atoms with Crippen molar-refractivity contribution in [2.45, 2.75) is 13.8 Å². The number of esters is 1. The second kappa shape index (κ2) is 9.84. The van der Waals surface area contributed by atoms with Crippen LogP contribution in [0.15, 0.2) is 91.1 Å². The van der Waals surface area contributed by atoms with E-state index in [9.17, 15) is 9.59 Å². The molecule has 0 aliphatic rings. The lowest BCUT2D eigenvalue weighted by atomic mass is 10.0. The Morgan fingerprint density at radius 1 is 0.917 bits per heavy atom. The molecule has 0 bridgehead atoms. The van der Waals surface area contributed by atoms with Gasteiger partial charge in [-0.25, -0.2) is 14.5 Å². The predicted molar refractivity (Wildman–Crippen MR) is 139 cm³/mol. The van der Waals surface area contributed by atoms with Gasteiger partial charge >= 0.3 is 5.97 Å². The first-order chi connectivity index (χ1) is 17.5. The van der Waals surface area contributed by atoms with E-state index in [1.54, 1.807) is 13.0 Å². The van der Waals surface area contributed by atoms with Crippen LogP contribution in [-0.4, -0.2) is 33.2 Å². The van der Waals surface area contributed by atoms with Crippen LogP contribution in [-0.2, 0) is 4.74 Å². The summed E-state index contributed by atoms with van der Waals surface area (Å²) in [7, 11) is 0. The monoisotopic (exact) mass is 476 g/mol. The number of nitrogens with one attached hydrogen (secondary N) is 1. The number of nitrogens with zero attached hydrogens (tertiary/aromatic N) is 3. The number of para-hydroxylation sites is 2. The number of hydrogen-bond acceptors (Lipinski definition) is 5. The minimum absolute atomic E-state index is 0.173. The van der Waals surface area contributed by atoms with Crippen LogP contribution in [0.4, 0.5) is 5.82 Å².